The van der Waals surface area contributed by atoms with Crippen molar-refractivity contribution in [2.24, 2.45) is 0 Å². The molecule has 1 aromatic carbocycles. The van der Waals surface area contributed by atoms with Crippen LogP contribution in [-0.4, -0.2) is 47.2 Å². The van der Waals surface area contributed by atoms with Crippen LogP contribution in [0.3, 0.4) is 0 Å². The summed E-state index contributed by atoms with van der Waals surface area (Å²) in [6, 6.07) is 13.8. The van der Waals surface area contributed by atoms with Crippen LogP contribution in [0.4, 0.5) is 4.79 Å². The van der Waals surface area contributed by atoms with Crippen molar-refractivity contribution in [3.8, 4) is 12.1 Å². The monoisotopic (exact) mass is 593 g/mol. The van der Waals surface area contributed by atoms with Crippen LogP contribution in [0, 0.1) is 22.7 Å². The second-order valence-electron chi connectivity index (χ2n) is 11.3. The molecule has 0 aliphatic heterocycles. The molecule has 0 aliphatic carbocycles. The van der Waals surface area contributed by atoms with Gasteiger partial charge < -0.3 is 25.4 Å². The lowest BCUT2D eigenvalue weighted by Crippen LogP contribution is -2.60. The van der Waals surface area contributed by atoms with Gasteiger partial charge >= 0.3 is 12.1 Å². The van der Waals surface area contributed by atoms with Gasteiger partial charge in [0.25, 0.3) is 5.91 Å². The van der Waals surface area contributed by atoms with Crippen molar-refractivity contribution in [2.75, 3.05) is 6.54 Å². The summed E-state index contributed by atoms with van der Waals surface area (Å²) in [6.07, 6.45) is 1.07. The number of nitriles is 2. The highest BCUT2D eigenvalue weighted by atomic mass is 32.1. The fourth-order valence-corrected chi connectivity index (χ4v) is 4.31. The molecule has 1 aromatic heterocycles. The summed E-state index contributed by atoms with van der Waals surface area (Å²) < 4.78 is 10.7. The topological polar surface area (TPSA) is 170 Å². The first kappa shape index (κ1) is 33.5. The third-order valence-corrected chi connectivity index (χ3v) is 6.21. The van der Waals surface area contributed by atoms with Gasteiger partial charge in [-0.05, 0) is 77.4 Å². The number of amides is 3. The highest BCUT2D eigenvalue weighted by Gasteiger charge is 2.40. The largest absolute Gasteiger partial charge is 0.457 e. The summed E-state index contributed by atoms with van der Waals surface area (Å²) in [5.74, 6) is -2.10. The molecule has 3 amide bonds. The number of carbonyl (C=O) groups excluding carboxylic acids is 4. The van der Waals surface area contributed by atoms with E-state index in [0.717, 1.165) is 11.0 Å². The molecule has 0 unspecified atom stereocenters. The molecule has 12 heteroatoms. The zero-order valence-electron chi connectivity index (χ0n) is 24.5. The molecule has 0 aliphatic rings. The summed E-state index contributed by atoms with van der Waals surface area (Å²) in [6.45, 7) is 9.70. The summed E-state index contributed by atoms with van der Waals surface area (Å²) in [5, 5.41) is 26.1. The van der Waals surface area contributed by atoms with E-state index in [1.807, 2.05) is 12.1 Å². The van der Waals surface area contributed by atoms with Gasteiger partial charge in [-0.25, -0.2) is 9.59 Å². The molecule has 11 nitrogen and oxygen atoms in total. The molecule has 2 aromatic rings. The van der Waals surface area contributed by atoms with Gasteiger partial charge in [0.05, 0.1) is 24.7 Å². The predicted molar refractivity (Wildman–Crippen MR) is 156 cm³/mol. The first-order valence-electron chi connectivity index (χ1n) is 13.0. The molecule has 0 saturated carbocycles. The number of alkyl carbamates (subject to hydrolysis) is 1. The Bertz CT molecular complexity index is 1420. The molecule has 3 N–H and O–H groups in total. The molecule has 0 radical (unpaired) electrons. The average Bonchev–Trinajstić information content (AvgIpc) is 3.35. The third kappa shape index (κ3) is 11.4. The van der Waals surface area contributed by atoms with Crippen LogP contribution in [0.25, 0.3) is 0 Å². The van der Waals surface area contributed by atoms with Crippen LogP contribution in [0.1, 0.15) is 62.4 Å². The number of esters is 1. The smallest absolute Gasteiger partial charge is 0.408 e. The fraction of sp³-hybridized carbons (Fsp3) is 0.400. The van der Waals surface area contributed by atoms with Gasteiger partial charge in [0.2, 0.25) is 5.91 Å². The molecule has 1 atom stereocenters. The van der Waals surface area contributed by atoms with Crippen molar-refractivity contribution in [3.05, 3.63) is 69.4 Å². The van der Waals surface area contributed by atoms with Crippen molar-refractivity contribution in [1.82, 2.24) is 16.0 Å². The number of nitrogens with zero attached hydrogens (tertiary/aromatic N) is 2. The van der Waals surface area contributed by atoms with Crippen molar-refractivity contribution in [2.45, 2.75) is 71.2 Å². The number of hydrogen-bond donors (Lipinski definition) is 3. The molecule has 2 rings (SSSR count). The minimum Gasteiger partial charge on any atom is -0.457 e. The fourth-order valence-electron chi connectivity index (χ4n) is 3.56. The van der Waals surface area contributed by atoms with Crippen molar-refractivity contribution < 1.29 is 28.7 Å². The number of ether oxygens (including phenoxy) is 2. The third-order valence-electron chi connectivity index (χ3n) is 5.22. The maximum Gasteiger partial charge on any atom is 0.408 e. The summed E-state index contributed by atoms with van der Waals surface area (Å²) in [4.78, 5) is 53.2. The van der Waals surface area contributed by atoms with E-state index in [1.54, 1.807) is 77.9 Å². The van der Waals surface area contributed by atoms with Crippen molar-refractivity contribution in [1.29, 1.82) is 10.5 Å². The Hall–Kier alpha value is -4.68. The number of hydrogen-bond acceptors (Lipinski definition) is 9. The number of rotatable bonds is 10. The Labute approximate surface area is 249 Å². The maximum atomic E-state index is 13.8. The minimum absolute atomic E-state index is 0.155. The van der Waals surface area contributed by atoms with Gasteiger partial charge in [-0.15, -0.1) is 11.3 Å². The quantitative estimate of drug-likeness (QED) is 0.277. The van der Waals surface area contributed by atoms with E-state index >= 15 is 0 Å². The van der Waals surface area contributed by atoms with E-state index < -0.39 is 47.2 Å². The number of carbonyl (C=O) groups is 4. The van der Waals surface area contributed by atoms with Crippen LogP contribution in [0.15, 0.2) is 48.6 Å². The van der Waals surface area contributed by atoms with E-state index in [2.05, 4.69) is 16.0 Å². The molecule has 1 heterocycles. The highest BCUT2D eigenvalue weighted by molar-refractivity contribution is 7.12. The zero-order valence-corrected chi connectivity index (χ0v) is 25.3. The lowest BCUT2D eigenvalue weighted by Gasteiger charge is -2.32. The molecular formula is C30H35N5O6S. The standard InChI is InChI=1S/C30H35N5O6S/c1-28(2,3)40-25(37)12-13-30(35-27(39)41-29(4,5)6,15-20-8-7-9-21(14-20)16-31)26(38)34-19-24(36)33-18-23-11-10-22(17-32)42-23/h7-14H,15,18-19H2,1-6H3,(H,33,36)(H,34,38)(H,35,39)/b13-12+/t30-/m1/s1. The molecule has 0 bridgehead atoms. The Morgan fingerprint density at radius 2 is 1.62 bits per heavy atom. The van der Waals surface area contributed by atoms with E-state index in [-0.39, 0.29) is 13.0 Å². The van der Waals surface area contributed by atoms with Gasteiger partial charge in [-0.2, -0.15) is 10.5 Å². The maximum absolute atomic E-state index is 13.8. The van der Waals surface area contributed by atoms with E-state index in [4.69, 9.17) is 14.7 Å². The molecule has 0 spiro atoms. The van der Waals surface area contributed by atoms with Crippen molar-refractivity contribution >= 4 is 35.2 Å². The van der Waals surface area contributed by atoms with E-state index in [9.17, 15) is 24.4 Å². The number of benzene rings is 1. The van der Waals surface area contributed by atoms with Gasteiger partial charge in [-0.3, -0.25) is 9.59 Å². The Balaban J connectivity index is 2.40. The number of nitrogens with one attached hydrogen (secondary N) is 3. The first-order chi connectivity index (χ1) is 19.5. The number of thiophene rings is 1. The van der Waals surface area contributed by atoms with Gasteiger partial charge in [-0.1, -0.05) is 12.1 Å². The minimum atomic E-state index is -1.93. The van der Waals surface area contributed by atoms with Gasteiger partial charge in [0.15, 0.2) is 0 Å². The normalized spacial score (nSPS) is 12.8. The Morgan fingerprint density at radius 1 is 0.929 bits per heavy atom. The lowest BCUT2D eigenvalue weighted by molar-refractivity contribution is -0.148. The predicted octanol–water partition coefficient (Wildman–Crippen LogP) is 3.63. The van der Waals surface area contributed by atoms with Crippen LogP contribution < -0.4 is 16.0 Å². The van der Waals surface area contributed by atoms with Crippen molar-refractivity contribution in [3.63, 3.8) is 0 Å². The van der Waals surface area contributed by atoms with Crippen LogP contribution in [-0.2, 0) is 36.8 Å². The van der Waals surface area contributed by atoms with Crippen LogP contribution in [0.2, 0.25) is 0 Å². The van der Waals surface area contributed by atoms with E-state index in [1.165, 1.54) is 17.4 Å². The van der Waals surface area contributed by atoms with Gasteiger partial charge in [0, 0.05) is 17.4 Å². The second-order valence-corrected chi connectivity index (χ2v) is 12.5. The molecule has 0 saturated heterocycles. The first-order valence-corrected chi connectivity index (χ1v) is 13.8. The summed E-state index contributed by atoms with van der Waals surface area (Å²) >= 11 is 1.23. The van der Waals surface area contributed by atoms with Crippen LogP contribution in [0.5, 0.6) is 0 Å². The SMILES string of the molecule is CC(C)(C)OC(=O)/C=C/[C@](Cc1cccc(C#N)c1)(NC(=O)OC(C)(C)C)C(=O)NCC(=O)NCc1ccc(C#N)s1. The average molecular weight is 594 g/mol. The Kier molecular flexibility index (Phi) is 11.4. The van der Waals surface area contributed by atoms with Crippen LogP contribution >= 0.6 is 11.3 Å². The molecule has 0 fully saturated rings. The zero-order chi connectivity index (χ0) is 31.6. The molecule has 222 valence electrons. The Morgan fingerprint density at radius 3 is 2.21 bits per heavy atom. The second kappa shape index (κ2) is 14.3. The highest BCUT2D eigenvalue weighted by Crippen LogP contribution is 2.20. The lowest BCUT2D eigenvalue weighted by atomic mass is 9.88. The van der Waals surface area contributed by atoms with Gasteiger partial charge in [0.1, 0.15) is 27.7 Å². The summed E-state index contributed by atoms with van der Waals surface area (Å²) in [7, 11) is 0. The molecular weight excluding hydrogens is 558 g/mol. The van der Waals surface area contributed by atoms with E-state index in [0.29, 0.717) is 16.0 Å². The summed E-state index contributed by atoms with van der Waals surface area (Å²) in [5.41, 5.74) is -2.84. The molecule has 42 heavy (non-hydrogen) atoms.